The Hall–Kier alpha value is -3.13. The van der Waals surface area contributed by atoms with Gasteiger partial charge in [0.1, 0.15) is 17.8 Å². The van der Waals surface area contributed by atoms with Crippen molar-refractivity contribution in [2.75, 3.05) is 19.1 Å². The number of carbonyl (C=O) groups excluding carboxylic acids is 3. The molecule has 11 nitrogen and oxygen atoms in total. The summed E-state index contributed by atoms with van der Waals surface area (Å²) in [7, 11) is -2.56. The van der Waals surface area contributed by atoms with E-state index in [1.54, 1.807) is 6.92 Å². The number of nitrogens with one attached hydrogen (secondary N) is 4. The monoisotopic (exact) mass is 692 g/mol. The van der Waals surface area contributed by atoms with Crippen LogP contribution in [0.5, 0.6) is 5.75 Å². The standard InChI is InChI=1S/C34H52N4O7S2/c1-22(2)19-29(36-33(41)28(17-18-46-7)38-47(43,44)27-15-13-26(45-6)14-16-27)30(39)20-24(5)32(40)37-31(23(3)4)34(42)35-21-25-11-9-8-10-12-25/h8-16,22-24,28-31,38-39H,17-21H2,1-7H3,(H,35,42)(H,36,41)(H,37,40)/t24-,28+,29+,30+,31+/m1/s1. The first-order valence-electron chi connectivity index (χ1n) is 15.9. The van der Waals surface area contributed by atoms with Gasteiger partial charge in [0, 0.05) is 12.5 Å². The van der Waals surface area contributed by atoms with Crippen LogP contribution in [0, 0.1) is 17.8 Å². The molecule has 0 saturated carbocycles. The van der Waals surface area contributed by atoms with E-state index in [-0.39, 0.29) is 35.5 Å². The number of hydrogen-bond acceptors (Lipinski definition) is 8. The number of ether oxygens (including phenoxy) is 1. The molecule has 0 aromatic heterocycles. The molecule has 0 aliphatic carbocycles. The fourth-order valence-electron chi connectivity index (χ4n) is 4.95. The lowest BCUT2D eigenvalue weighted by molar-refractivity contribution is -0.132. The van der Waals surface area contributed by atoms with Gasteiger partial charge in [-0.15, -0.1) is 0 Å². The molecule has 0 unspecified atom stereocenters. The van der Waals surface area contributed by atoms with Crippen LogP contribution in [0.4, 0.5) is 0 Å². The third kappa shape index (κ3) is 13.5. The number of amides is 3. The van der Waals surface area contributed by atoms with Gasteiger partial charge >= 0.3 is 0 Å². The lowest BCUT2D eigenvalue weighted by Gasteiger charge is -2.30. The summed E-state index contributed by atoms with van der Waals surface area (Å²) in [6.45, 7) is 9.57. The highest BCUT2D eigenvalue weighted by molar-refractivity contribution is 7.98. The Labute approximate surface area is 284 Å². The fourth-order valence-corrected chi connectivity index (χ4v) is 6.65. The van der Waals surface area contributed by atoms with Gasteiger partial charge in [0.25, 0.3) is 0 Å². The second kappa shape index (κ2) is 19.6. The van der Waals surface area contributed by atoms with Crippen LogP contribution in [0.15, 0.2) is 59.5 Å². The number of aliphatic hydroxyl groups is 1. The zero-order valence-electron chi connectivity index (χ0n) is 28.5. The van der Waals surface area contributed by atoms with Crippen molar-refractivity contribution < 1.29 is 32.6 Å². The molecule has 2 aromatic carbocycles. The number of benzene rings is 2. The van der Waals surface area contributed by atoms with Crippen LogP contribution in [-0.2, 0) is 31.0 Å². The zero-order chi connectivity index (χ0) is 35.1. The Balaban J connectivity index is 2.10. The van der Waals surface area contributed by atoms with Crippen molar-refractivity contribution in [3.05, 3.63) is 60.2 Å². The maximum Gasteiger partial charge on any atom is 0.243 e. The fraction of sp³-hybridized carbons (Fsp3) is 0.559. The predicted octanol–water partition coefficient (Wildman–Crippen LogP) is 3.47. The van der Waals surface area contributed by atoms with E-state index >= 15 is 0 Å². The maximum absolute atomic E-state index is 13.5. The molecule has 2 aromatic rings. The summed E-state index contributed by atoms with van der Waals surface area (Å²) in [5.74, 6) is -1.01. The van der Waals surface area contributed by atoms with Crippen LogP contribution in [0.2, 0.25) is 0 Å². The van der Waals surface area contributed by atoms with E-state index in [9.17, 15) is 27.9 Å². The van der Waals surface area contributed by atoms with Crippen molar-refractivity contribution >= 4 is 39.5 Å². The molecule has 0 heterocycles. The van der Waals surface area contributed by atoms with Crippen molar-refractivity contribution in [2.45, 2.75) is 89.6 Å². The van der Waals surface area contributed by atoms with Crippen LogP contribution < -0.4 is 25.4 Å². The van der Waals surface area contributed by atoms with Crippen LogP contribution in [-0.4, -0.2) is 74.6 Å². The number of aliphatic hydroxyl groups excluding tert-OH is 1. The van der Waals surface area contributed by atoms with Gasteiger partial charge in [0.2, 0.25) is 27.7 Å². The molecule has 0 bridgehead atoms. The van der Waals surface area contributed by atoms with Gasteiger partial charge in [-0.1, -0.05) is 65.0 Å². The van der Waals surface area contributed by atoms with Gasteiger partial charge in [-0.25, -0.2) is 8.42 Å². The Morgan fingerprint density at radius 2 is 1.51 bits per heavy atom. The molecular formula is C34H52N4O7S2. The molecule has 0 aliphatic rings. The minimum absolute atomic E-state index is 0.00713. The molecule has 0 fully saturated rings. The van der Waals surface area contributed by atoms with Crippen molar-refractivity contribution in [1.29, 1.82) is 0 Å². The first-order chi connectivity index (χ1) is 22.2. The van der Waals surface area contributed by atoms with Gasteiger partial charge in [0.05, 0.1) is 24.2 Å². The van der Waals surface area contributed by atoms with E-state index in [0.29, 0.717) is 24.5 Å². The molecule has 5 N–H and O–H groups in total. The quantitative estimate of drug-likeness (QED) is 0.141. The van der Waals surface area contributed by atoms with Crippen molar-refractivity contribution in [3.8, 4) is 5.75 Å². The lowest BCUT2D eigenvalue weighted by atomic mass is 9.91. The number of rotatable bonds is 20. The SMILES string of the molecule is COc1ccc(S(=O)(=O)N[C@@H](CCSC)C(=O)N[C@@H](CC(C)C)[C@@H](O)C[C@@H](C)C(=O)N[C@H](C(=O)NCc2ccccc2)C(C)C)cc1. The number of hydrogen-bond donors (Lipinski definition) is 5. The number of methoxy groups -OCH3 is 1. The molecule has 0 radical (unpaired) electrons. The molecule has 0 saturated heterocycles. The maximum atomic E-state index is 13.5. The molecule has 0 spiro atoms. The minimum Gasteiger partial charge on any atom is -0.497 e. The summed E-state index contributed by atoms with van der Waals surface area (Å²) in [5, 5.41) is 19.8. The molecule has 47 heavy (non-hydrogen) atoms. The van der Waals surface area contributed by atoms with E-state index in [4.69, 9.17) is 4.74 Å². The van der Waals surface area contributed by atoms with E-state index < -0.39 is 52.0 Å². The van der Waals surface area contributed by atoms with E-state index in [2.05, 4.69) is 20.7 Å². The summed E-state index contributed by atoms with van der Waals surface area (Å²) < 4.78 is 34.0. The molecule has 5 atom stereocenters. The molecule has 0 aliphatic heterocycles. The molecule has 13 heteroatoms. The van der Waals surface area contributed by atoms with E-state index in [0.717, 1.165) is 5.56 Å². The first-order valence-corrected chi connectivity index (χ1v) is 18.8. The van der Waals surface area contributed by atoms with Gasteiger partial charge < -0.3 is 25.8 Å². The van der Waals surface area contributed by atoms with Crippen LogP contribution in [0.25, 0.3) is 0 Å². The molecule has 2 rings (SSSR count). The van der Waals surface area contributed by atoms with Gasteiger partial charge in [-0.05, 0) is 72.9 Å². The van der Waals surface area contributed by atoms with Crippen molar-refractivity contribution in [3.63, 3.8) is 0 Å². The number of carbonyl (C=O) groups is 3. The van der Waals surface area contributed by atoms with Gasteiger partial charge in [-0.2, -0.15) is 16.5 Å². The highest BCUT2D eigenvalue weighted by Gasteiger charge is 2.32. The van der Waals surface area contributed by atoms with E-state index in [1.165, 1.54) is 43.1 Å². The minimum atomic E-state index is -4.04. The predicted molar refractivity (Wildman–Crippen MR) is 186 cm³/mol. The lowest BCUT2D eigenvalue weighted by Crippen LogP contribution is -2.54. The average Bonchev–Trinajstić information content (AvgIpc) is 3.03. The summed E-state index contributed by atoms with van der Waals surface area (Å²) in [6, 6.07) is 12.7. The van der Waals surface area contributed by atoms with Crippen molar-refractivity contribution in [1.82, 2.24) is 20.7 Å². The summed E-state index contributed by atoms with van der Waals surface area (Å²) in [5.41, 5.74) is 0.939. The zero-order valence-corrected chi connectivity index (χ0v) is 30.1. The number of thioether (sulfide) groups is 1. The molecule has 262 valence electrons. The van der Waals surface area contributed by atoms with Crippen LogP contribution in [0.3, 0.4) is 0 Å². The highest BCUT2D eigenvalue weighted by Crippen LogP contribution is 2.19. The van der Waals surface area contributed by atoms with Gasteiger partial charge in [-0.3, -0.25) is 14.4 Å². The average molecular weight is 693 g/mol. The molecular weight excluding hydrogens is 641 g/mol. The molecule has 3 amide bonds. The Morgan fingerprint density at radius 3 is 2.06 bits per heavy atom. The van der Waals surface area contributed by atoms with Crippen LogP contribution in [0.1, 0.15) is 59.4 Å². The summed E-state index contributed by atoms with van der Waals surface area (Å²) >= 11 is 1.48. The van der Waals surface area contributed by atoms with E-state index in [1.807, 2.05) is 64.3 Å². The smallest absolute Gasteiger partial charge is 0.243 e. The highest BCUT2D eigenvalue weighted by atomic mass is 32.2. The second-order valence-corrected chi connectivity index (χ2v) is 15.2. The third-order valence-corrected chi connectivity index (χ3v) is 9.84. The second-order valence-electron chi connectivity index (χ2n) is 12.5. The Bertz CT molecular complexity index is 1370. The summed E-state index contributed by atoms with van der Waals surface area (Å²) in [6.07, 6.45) is 1.41. The third-order valence-electron chi connectivity index (χ3n) is 7.71. The largest absolute Gasteiger partial charge is 0.497 e. The first kappa shape index (κ1) is 40.0. The number of sulfonamides is 1. The Morgan fingerprint density at radius 1 is 0.872 bits per heavy atom. The normalized spacial score (nSPS) is 14.9. The topological polar surface area (TPSA) is 163 Å². The Kier molecular flexibility index (Phi) is 16.7. The summed E-state index contributed by atoms with van der Waals surface area (Å²) in [4.78, 5) is 39.7. The van der Waals surface area contributed by atoms with Crippen LogP contribution >= 0.6 is 11.8 Å². The van der Waals surface area contributed by atoms with Crippen molar-refractivity contribution in [2.24, 2.45) is 17.8 Å². The van der Waals surface area contributed by atoms with Gasteiger partial charge in [0.15, 0.2) is 0 Å².